The topological polar surface area (TPSA) is 237 Å². The SMILES string of the molecule is CCCCCCCCCCCCCCCCCCCC(=O)O[C@H](COC(=O)CCCCCCC)COP(=O)(O)OC[C@H](O)COP(=O)(O)OC[C@@H](COC(=O)CCCCCCCCCCCCCCCCC(C)CC)OC(=O)CCCCCCCCCCCCCCCCCCCCC(C)CC. The van der Waals surface area contributed by atoms with E-state index in [1.807, 2.05) is 0 Å². The molecule has 0 aliphatic heterocycles. The zero-order valence-corrected chi connectivity index (χ0v) is 68.7. The third-order valence-corrected chi connectivity index (χ3v) is 22.1. The van der Waals surface area contributed by atoms with Crippen molar-refractivity contribution in [1.82, 2.24) is 0 Å². The van der Waals surface area contributed by atoms with E-state index in [-0.39, 0.29) is 25.7 Å². The Balaban J connectivity index is 5.11. The standard InChI is InChI=1S/C83H162O17P2/c1-7-11-13-15-16-17-18-19-20-23-27-34-39-44-49-55-61-67-82(87)99-78(71-93-80(85)65-59-51-14-12-8-2)73-97-101(89,90)95-69-77(84)70-96-102(91,92)98-74-79(72-94-81(86)66-60-54-48-43-38-33-30-29-32-37-42-47-53-58-64-76(6)10-4)100-83(88)68-62-56-50-45-40-35-28-25-22-21-24-26-31-36-41-46-52-57-63-75(5)9-3/h75-79,84H,7-74H2,1-6H3,(H,89,90)(H,91,92)/t75?,76?,77-,78+,79+/m0/s1. The molecule has 606 valence electrons. The predicted molar refractivity (Wildman–Crippen MR) is 418 cm³/mol. The molecule has 0 aromatic heterocycles. The zero-order chi connectivity index (χ0) is 74.9. The lowest BCUT2D eigenvalue weighted by atomic mass is 9.99. The van der Waals surface area contributed by atoms with Crippen LogP contribution in [0, 0.1) is 11.8 Å². The van der Waals surface area contributed by atoms with Crippen LogP contribution in [0.5, 0.6) is 0 Å². The molecule has 0 spiro atoms. The molecular formula is C83H162O17P2. The minimum absolute atomic E-state index is 0.108. The average molecular weight is 1490 g/mol. The molecule has 0 aromatic carbocycles. The van der Waals surface area contributed by atoms with Crippen molar-refractivity contribution in [3.8, 4) is 0 Å². The number of carbonyl (C=O) groups is 4. The number of phosphoric ester groups is 2. The summed E-state index contributed by atoms with van der Waals surface area (Å²) >= 11 is 0. The maximum absolute atomic E-state index is 13.1. The van der Waals surface area contributed by atoms with E-state index < -0.39 is 97.5 Å². The molecule has 0 saturated carbocycles. The number of unbranched alkanes of at least 4 members (excludes halogenated alkanes) is 50. The van der Waals surface area contributed by atoms with Gasteiger partial charge in [-0.25, -0.2) is 9.13 Å². The second kappa shape index (κ2) is 74.5. The summed E-state index contributed by atoms with van der Waals surface area (Å²) in [5.41, 5.74) is 0. The van der Waals surface area contributed by atoms with Crippen molar-refractivity contribution < 1.29 is 80.2 Å². The highest BCUT2D eigenvalue weighted by molar-refractivity contribution is 7.47. The summed E-state index contributed by atoms with van der Waals surface area (Å²) in [6, 6.07) is 0. The van der Waals surface area contributed by atoms with Gasteiger partial charge in [0, 0.05) is 25.7 Å². The molecule has 7 atom stereocenters. The van der Waals surface area contributed by atoms with Crippen LogP contribution in [0.1, 0.15) is 440 Å². The van der Waals surface area contributed by atoms with Crippen molar-refractivity contribution >= 4 is 39.5 Å². The van der Waals surface area contributed by atoms with E-state index in [0.29, 0.717) is 25.7 Å². The highest BCUT2D eigenvalue weighted by Crippen LogP contribution is 2.45. The highest BCUT2D eigenvalue weighted by Gasteiger charge is 2.30. The summed E-state index contributed by atoms with van der Waals surface area (Å²) in [7, 11) is -9.91. The predicted octanol–water partition coefficient (Wildman–Crippen LogP) is 25.1. The lowest BCUT2D eigenvalue weighted by molar-refractivity contribution is -0.161. The number of rotatable bonds is 82. The van der Waals surface area contributed by atoms with Gasteiger partial charge in [-0.2, -0.15) is 0 Å². The fraction of sp³-hybridized carbons (Fsp3) is 0.952. The van der Waals surface area contributed by atoms with Crippen molar-refractivity contribution in [3.05, 3.63) is 0 Å². The first kappa shape index (κ1) is 100. The van der Waals surface area contributed by atoms with E-state index in [9.17, 15) is 43.2 Å². The summed E-state index contributed by atoms with van der Waals surface area (Å²) < 4.78 is 68.5. The number of hydrogen-bond donors (Lipinski definition) is 3. The lowest BCUT2D eigenvalue weighted by Crippen LogP contribution is -2.30. The van der Waals surface area contributed by atoms with Crippen LogP contribution in [-0.4, -0.2) is 96.7 Å². The Kier molecular flexibility index (Phi) is 73.1. The molecule has 17 nitrogen and oxygen atoms in total. The quantitative estimate of drug-likeness (QED) is 0.0222. The molecule has 0 amide bonds. The molecule has 0 rings (SSSR count). The first-order valence-corrected chi connectivity index (χ1v) is 46.1. The second-order valence-corrected chi connectivity index (χ2v) is 33.3. The summed E-state index contributed by atoms with van der Waals surface area (Å²) in [4.78, 5) is 72.8. The van der Waals surface area contributed by atoms with Gasteiger partial charge in [-0.15, -0.1) is 0 Å². The van der Waals surface area contributed by atoms with E-state index in [4.69, 9.17) is 37.0 Å². The third kappa shape index (κ3) is 73.6. The van der Waals surface area contributed by atoms with Crippen LogP contribution in [0.25, 0.3) is 0 Å². The molecule has 102 heavy (non-hydrogen) atoms. The number of ether oxygens (including phenoxy) is 4. The maximum atomic E-state index is 13.1. The summed E-state index contributed by atoms with van der Waals surface area (Å²) in [6.45, 7) is 9.68. The van der Waals surface area contributed by atoms with E-state index in [1.54, 1.807) is 0 Å². The van der Waals surface area contributed by atoms with Crippen molar-refractivity contribution in [1.29, 1.82) is 0 Å². The van der Waals surface area contributed by atoms with Gasteiger partial charge in [-0.1, -0.05) is 388 Å². The van der Waals surface area contributed by atoms with Gasteiger partial charge < -0.3 is 33.8 Å². The van der Waals surface area contributed by atoms with Crippen molar-refractivity contribution in [3.63, 3.8) is 0 Å². The Morgan fingerprint density at radius 2 is 0.471 bits per heavy atom. The molecule has 3 N–H and O–H groups in total. The molecule has 0 aliphatic carbocycles. The number of carbonyl (C=O) groups excluding carboxylic acids is 4. The van der Waals surface area contributed by atoms with Gasteiger partial charge in [0.05, 0.1) is 26.4 Å². The van der Waals surface area contributed by atoms with E-state index >= 15 is 0 Å². The van der Waals surface area contributed by atoms with Gasteiger partial charge in [-0.05, 0) is 37.5 Å². The third-order valence-electron chi connectivity index (χ3n) is 20.2. The number of aliphatic hydroxyl groups is 1. The molecule has 0 saturated heterocycles. The van der Waals surface area contributed by atoms with Crippen molar-refractivity contribution in [2.45, 2.75) is 458 Å². The Morgan fingerprint density at radius 1 is 0.275 bits per heavy atom. The monoisotopic (exact) mass is 1490 g/mol. The van der Waals surface area contributed by atoms with Crippen LogP contribution < -0.4 is 0 Å². The van der Waals surface area contributed by atoms with Gasteiger partial charge in [0.25, 0.3) is 0 Å². The first-order chi connectivity index (χ1) is 49.4. The normalized spacial score (nSPS) is 14.4. The smallest absolute Gasteiger partial charge is 0.462 e. The van der Waals surface area contributed by atoms with Gasteiger partial charge in [0.1, 0.15) is 19.3 Å². The largest absolute Gasteiger partial charge is 0.472 e. The average Bonchev–Trinajstić information content (AvgIpc) is 1.06. The van der Waals surface area contributed by atoms with E-state index in [0.717, 1.165) is 108 Å². The summed E-state index contributed by atoms with van der Waals surface area (Å²) in [5.74, 6) is -0.396. The molecule has 0 aliphatic rings. The number of aliphatic hydroxyl groups excluding tert-OH is 1. The Hall–Kier alpha value is -1.94. The lowest BCUT2D eigenvalue weighted by Gasteiger charge is -2.21. The Bertz CT molecular complexity index is 1960. The van der Waals surface area contributed by atoms with Crippen molar-refractivity contribution in [2.75, 3.05) is 39.6 Å². The van der Waals surface area contributed by atoms with Gasteiger partial charge in [0.2, 0.25) is 0 Å². The fourth-order valence-electron chi connectivity index (χ4n) is 12.8. The Labute approximate surface area is 626 Å². The van der Waals surface area contributed by atoms with Crippen LogP contribution in [0.3, 0.4) is 0 Å². The molecular weight excluding hydrogens is 1330 g/mol. The molecule has 0 fully saturated rings. The second-order valence-electron chi connectivity index (χ2n) is 30.4. The highest BCUT2D eigenvalue weighted by atomic mass is 31.2. The summed E-state index contributed by atoms with van der Waals surface area (Å²) in [6.07, 6.45) is 65.6. The van der Waals surface area contributed by atoms with Crippen molar-refractivity contribution in [2.24, 2.45) is 11.8 Å². The minimum Gasteiger partial charge on any atom is -0.462 e. The van der Waals surface area contributed by atoms with Crippen LogP contribution >= 0.6 is 15.6 Å². The van der Waals surface area contributed by atoms with Gasteiger partial charge in [-0.3, -0.25) is 37.3 Å². The number of hydrogen-bond acceptors (Lipinski definition) is 15. The van der Waals surface area contributed by atoms with Gasteiger partial charge in [0.15, 0.2) is 12.2 Å². The van der Waals surface area contributed by atoms with Crippen LogP contribution in [0.15, 0.2) is 0 Å². The molecule has 4 unspecified atom stereocenters. The van der Waals surface area contributed by atoms with Crippen LogP contribution in [0.2, 0.25) is 0 Å². The zero-order valence-electron chi connectivity index (χ0n) is 66.9. The molecule has 0 heterocycles. The molecule has 0 radical (unpaired) electrons. The molecule has 0 aromatic rings. The summed E-state index contributed by atoms with van der Waals surface area (Å²) in [5, 5.41) is 10.6. The first-order valence-electron chi connectivity index (χ1n) is 43.1. The maximum Gasteiger partial charge on any atom is 0.472 e. The number of esters is 4. The van der Waals surface area contributed by atoms with Crippen LogP contribution in [-0.2, 0) is 65.4 Å². The molecule has 19 heteroatoms. The fourth-order valence-corrected chi connectivity index (χ4v) is 14.4. The minimum atomic E-state index is -4.96. The molecule has 0 bridgehead atoms. The van der Waals surface area contributed by atoms with E-state index in [2.05, 4.69) is 41.5 Å². The van der Waals surface area contributed by atoms with E-state index in [1.165, 1.54) is 250 Å². The van der Waals surface area contributed by atoms with Crippen LogP contribution in [0.4, 0.5) is 0 Å². The number of phosphoric acid groups is 2. The Morgan fingerprint density at radius 3 is 0.696 bits per heavy atom. The van der Waals surface area contributed by atoms with Gasteiger partial charge >= 0.3 is 39.5 Å².